The van der Waals surface area contributed by atoms with Gasteiger partial charge in [-0.2, -0.15) is 0 Å². The Hall–Kier alpha value is -2.66. The predicted molar refractivity (Wildman–Crippen MR) is 210 cm³/mol. The number of rotatable bonds is 27. The molecule has 0 aliphatic carbocycles. The van der Waals surface area contributed by atoms with Gasteiger partial charge in [0.2, 0.25) is 0 Å². The maximum atomic E-state index is 11.1. The SMILES string of the molecule is CCCCCCCCCCCCCCCCOCC(CO[C@@H]1O[C@H](COC(c2ccccc2)(c2ccccc2)c2ccccc2)[C@H](O)[C@H](O)[C@H]1O)OC. The molecule has 4 rings (SSSR count). The summed E-state index contributed by atoms with van der Waals surface area (Å²) < 4.78 is 30.4. The van der Waals surface area contributed by atoms with Crippen LogP contribution in [0, 0.1) is 0 Å². The predicted octanol–water partition coefficient (Wildman–Crippen LogP) is 8.33. The van der Waals surface area contributed by atoms with Crippen LogP contribution in [0.2, 0.25) is 0 Å². The van der Waals surface area contributed by atoms with E-state index in [-0.39, 0.29) is 13.2 Å². The number of aliphatic hydroxyl groups is 3. The Balaban J connectivity index is 1.22. The van der Waals surface area contributed by atoms with Crippen molar-refractivity contribution in [1.29, 1.82) is 0 Å². The van der Waals surface area contributed by atoms with Crippen molar-refractivity contribution in [3.05, 3.63) is 108 Å². The van der Waals surface area contributed by atoms with Crippen LogP contribution in [0.4, 0.5) is 0 Å². The molecule has 8 heteroatoms. The lowest BCUT2D eigenvalue weighted by Gasteiger charge is -2.42. The van der Waals surface area contributed by atoms with Gasteiger partial charge in [-0.3, -0.25) is 0 Å². The molecule has 0 amide bonds. The van der Waals surface area contributed by atoms with Gasteiger partial charge in [0.15, 0.2) is 6.29 Å². The number of benzene rings is 3. The molecule has 1 aliphatic rings. The highest BCUT2D eigenvalue weighted by molar-refractivity contribution is 5.47. The van der Waals surface area contributed by atoms with E-state index in [1.807, 2.05) is 91.0 Å². The van der Waals surface area contributed by atoms with Crippen LogP contribution < -0.4 is 0 Å². The zero-order chi connectivity index (χ0) is 37.6. The minimum atomic E-state index is -1.50. The van der Waals surface area contributed by atoms with Crippen LogP contribution in [0.25, 0.3) is 0 Å². The van der Waals surface area contributed by atoms with E-state index < -0.39 is 42.4 Å². The van der Waals surface area contributed by atoms with Crippen molar-refractivity contribution < 1.29 is 39.0 Å². The molecule has 0 radical (unpaired) electrons. The van der Waals surface area contributed by atoms with Crippen molar-refractivity contribution in [1.82, 2.24) is 0 Å². The average molecular weight is 735 g/mol. The van der Waals surface area contributed by atoms with Crippen molar-refractivity contribution >= 4 is 0 Å². The molecule has 1 aliphatic heterocycles. The highest BCUT2D eigenvalue weighted by Gasteiger charge is 2.46. The second-order valence-corrected chi connectivity index (χ2v) is 14.5. The Kier molecular flexibility index (Phi) is 20.1. The number of methoxy groups -OCH3 is 1. The van der Waals surface area contributed by atoms with Crippen molar-refractivity contribution in [2.45, 2.75) is 139 Å². The second kappa shape index (κ2) is 24.7. The Labute approximate surface area is 318 Å². The smallest absolute Gasteiger partial charge is 0.186 e. The first-order valence-electron chi connectivity index (χ1n) is 20.2. The molecule has 53 heavy (non-hydrogen) atoms. The van der Waals surface area contributed by atoms with Gasteiger partial charge < -0.3 is 39.0 Å². The van der Waals surface area contributed by atoms with E-state index in [4.69, 9.17) is 23.7 Å². The minimum absolute atomic E-state index is 0.0787. The quantitative estimate of drug-likeness (QED) is 0.0531. The molecule has 0 aromatic heterocycles. The molecular weight excluding hydrogens is 668 g/mol. The third-order valence-electron chi connectivity index (χ3n) is 10.4. The van der Waals surface area contributed by atoms with Gasteiger partial charge in [-0.25, -0.2) is 0 Å². The number of aliphatic hydroxyl groups excluding tert-OH is 3. The first kappa shape index (κ1) is 43.1. The fourth-order valence-electron chi connectivity index (χ4n) is 7.17. The first-order valence-corrected chi connectivity index (χ1v) is 20.2. The van der Waals surface area contributed by atoms with Crippen molar-refractivity contribution in [2.24, 2.45) is 0 Å². The highest BCUT2D eigenvalue weighted by Crippen LogP contribution is 2.41. The van der Waals surface area contributed by atoms with E-state index >= 15 is 0 Å². The van der Waals surface area contributed by atoms with Crippen LogP contribution in [-0.4, -0.2) is 85.7 Å². The number of hydrogen-bond acceptors (Lipinski definition) is 8. The fourth-order valence-corrected chi connectivity index (χ4v) is 7.17. The van der Waals surface area contributed by atoms with Crippen molar-refractivity contribution in [3.8, 4) is 0 Å². The van der Waals surface area contributed by atoms with Gasteiger partial charge in [-0.15, -0.1) is 0 Å². The Morgan fingerprint density at radius 1 is 0.585 bits per heavy atom. The standard InChI is InChI=1S/C45H66O8/c1-3-4-5-6-7-8-9-10-11-12-13-14-15-25-32-50-33-39(49-2)34-51-44-43(48)42(47)41(46)40(53-44)35-52-45(36-26-19-16-20-27-36,37-28-21-17-22-29-37)38-30-23-18-24-31-38/h16-24,26-31,39-44,46-48H,3-15,25,32-35H2,1-2H3/t39?,40-,41+,42+,43-,44-/m1/s1. The summed E-state index contributed by atoms with van der Waals surface area (Å²) in [5.74, 6) is 0. The Morgan fingerprint density at radius 2 is 1.04 bits per heavy atom. The monoisotopic (exact) mass is 734 g/mol. The summed E-state index contributed by atoms with van der Waals surface area (Å²) in [6.07, 6.45) is 11.4. The lowest BCUT2D eigenvalue weighted by atomic mass is 9.80. The molecule has 294 valence electrons. The molecule has 3 N–H and O–H groups in total. The largest absolute Gasteiger partial charge is 0.387 e. The maximum absolute atomic E-state index is 11.1. The van der Waals surface area contributed by atoms with E-state index in [0.717, 1.165) is 29.5 Å². The summed E-state index contributed by atoms with van der Waals surface area (Å²) in [6, 6.07) is 29.7. The Bertz CT molecular complexity index is 1230. The van der Waals surface area contributed by atoms with E-state index in [1.54, 1.807) is 7.11 Å². The summed E-state index contributed by atoms with van der Waals surface area (Å²) in [5.41, 5.74) is 1.64. The molecule has 8 nitrogen and oxygen atoms in total. The lowest BCUT2D eigenvalue weighted by molar-refractivity contribution is -0.309. The summed E-state index contributed by atoms with van der Waals surface area (Å²) in [6.45, 7) is 3.24. The summed E-state index contributed by atoms with van der Waals surface area (Å²) in [5, 5.41) is 32.8. The normalized spacial score (nSPS) is 21.1. The van der Waals surface area contributed by atoms with Crippen LogP contribution in [0.1, 0.15) is 114 Å². The second-order valence-electron chi connectivity index (χ2n) is 14.5. The average Bonchev–Trinajstić information content (AvgIpc) is 3.20. The molecule has 3 aromatic carbocycles. The molecule has 1 saturated heterocycles. The molecule has 0 bridgehead atoms. The van der Waals surface area contributed by atoms with Gasteiger partial charge in [0.1, 0.15) is 36.1 Å². The van der Waals surface area contributed by atoms with Gasteiger partial charge in [0.25, 0.3) is 0 Å². The molecule has 1 unspecified atom stereocenters. The fraction of sp³-hybridized carbons (Fsp3) is 0.600. The molecule has 1 fully saturated rings. The number of unbranched alkanes of at least 4 members (excludes halogenated alkanes) is 13. The van der Waals surface area contributed by atoms with Gasteiger partial charge in [0.05, 0.1) is 19.8 Å². The summed E-state index contributed by atoms with van der Waals surface area (Å²) >= 11 is 0. The molecule has 0 spiro atoms. The van der Waals surface area contributed by atoms with Gasteiger partial charge in [-0.1, -0.05) is 181 Å². The number of ether oxygens (including phenoxy) is 5. The van der Waals surface area contributed by atoms with Crippen LogP contribution in [0.15, 0.2) is 91.0 Å². The number of hydrogen-bond donors (Lipinski definition) is 3. The van der Waals surface area contributed by atoms with Crippen LogP contribution >= 0.6 is 0 Å². The zero-order valence-electron chi connectivity index (χ0n) is 32.2. The summed E-state index contributed by atoms with van der Waals surface area (Å²) in [4.78, 5) is 0. The van der Waals surface area contributed by atoms with Crippen molar-refractivity contribution in [3.63, 3.8) is 0 Å². The van der Waals surface area contributed by atoms with Crippen LogP contribution in [-0.2, 0) is 29.3 Å². The third-order valence-corrected chi connectivity index (χ3v) is 10.4. The Morgan fingerprint density at radius 3 is 1.49 bits per heavy atom. The van der Waals surface area contributed by atoms with Gasteiger partial charge in [0, 0.05) is 13.7 Å². The zero-order valence-corrected chi connectivity index (χ0v) is 32.2. The highest BCUT2D eigenvalue weighted by atomic mass is 16.7. The van der Waals surface area contributed by atoms with Crippen LogP contribution in [0.5, 0.6) is 0 Å². The molecular formula is C45H66O8. The molecule has 3 aromatic rings. The lowest BCUT2D eigenvalue weighted by Crippen LogP contribution is -2.60. The molecule has 6 atom stereocenters. The van der Waals surface area contributed by atoms with Gasteiger partial charge in [-0.05, 0) is 23.1 Å². The maximum Gasteiger partial charge on any atom is 0.186 e. The van der Waals surface area contributed by atoms with E-state index in [9.17, 15) is 15.3 Å². The minimum Gasteiger partial charge on any atom is -0.387 e. The van der Waals surface area contributed by atoms with Crippen molar-refractivity contribution in [2.75, 3.05) is 33.5 Å². The third kappa shape index (κ3) is 13.5. The molecule has 0 saturated carbocycles. The van der Waals surface area contributed by atoms with Crippen LogP contribution in [0.3, 0.4) is 0 Å². The van der Waals surface area contributed by atoms with E-state index in [2.05, 4.69) is 6.92 Å². The van der Waals surface area contributed by atoms with E-state index in [1.165, 1.54) is 77.0 Å². The summed E-state index contributed by atoms with van der Waals surface area (Å²) in [7, 11) is 1.59. The van der Waals surface area contributed by atoms with Gasteiger partial charge >= 0.3 is 0 Å². The van der Waals surface area contributed by atoms with E-state index in [0.29, 0.717) is 13.2 Å². The first-order chi connectivity index (χ1) is 26.0. The topological polar surface area (TPSA) is 107 Å². The molecule has 1 heterocycles.